The number of benzene rings is 2. The number of unbranched alkanes of at least 4 members (excludes halogenated alkanes) is 2. The fourth-order valence-corrected chi connectivity index (χ4v) is 3.58. The quantitative estimate of drug-likeness (QED) is 0.173. The molecular formula is C25H25F7O4. The molecule has 0 aliphatic carbocycles. The summed E-state index contributed by atoms with van der Waals surface area (Å²) in [5, 5.41) is 0. The van der Waals surface area contributed by atoms with Crippen molar-refractivity contribution in [2.45, 2.75) is 51.4 Å². The van der Waals surface area contributed by atoms with Gasteiger partial charge in [-0.05, 0) is 18.6 Å². The molecule has 198 valence electrons. The van der Waals surface area contributed by atoms with Crippen LogP contribution in [0.3, 0.4) is 0 Å². The van der Waals surface area contributed by atoms with Crippen molar-refractivity contribution in [2.75, 3.05) is 13.2 Å². The average molecular weight is 522 g/mol. The number of hydrogen-bond acceptors (Lipinski definition) is 4. The lowest BCUT2D eigenvalue weighted by molar-refractivity contribution is -0.206. The molecule has 0 amide bonds. The Labute approximate surface area is 203 Å². The zero-order valence-corrected chi connectivity index (χ0v) is 19.3. The van der Waals surface area contributed by atoms with Crippen molar-refractivity contribution in [3.8, 4) is 11.5 Å². The van der Waals surface area contributed by atoms with E-state index in [4.69, 9.17) is 9.47 Å². The molecule has 0 atom stereocenters. The highest BCUT2D eigenvalue weighted by Crippen LogP contribution is 2.37. The summed E-state index contributed by atoms with van der Waals surface area (Å²) in [6.45, 7) is 2.89. The van der Waals surface area contributed by atoms with Gasteiger partial charge in [0.2, 0.25) is 0 Å². The molecule has 1 saturated heterocycles. The molecule has 1 aliphatic heterocycles. The van der Waals surface area contributed by atoms with E-state index in [0.717, 1.165) is 37.8 Å². The molecule has 0 bridgehead atoms. The van der Waals surface area contributed by atoms with Gasteiger partial charge in [-0.15, -0.1) is 0 Å². The summed E-state index contributed by atoms with van der Waals surface area (Å²) in [7, 11) is 0. The van der Waals surface area contributed by atoms with Crippen molar-refractivity contribution in [1.29, 1.82) is 0 Å². The second-order valence-corrected chi connectivity index (χ2v) is 8.22. The van der Waals surface area contributed by atoms with Gasteiger partial charge in [0.15, 0.2) is 23.7 Å². The third-order valence-corrected chi connectivity index (χ3v) is 5.39. The van der Waals surface area contributed by atoms with Crippen molar-refractivity contribution in [3.63, 3.8) is 0 Å². The van der Waals surface area contributed by atoms with Crippen LogP contribution in [0.15, 0.2) is 42.7 Å². The van der Waals surface area contributed by atoms with Gasteiger partial charge in [0.05, 0.1) is 25.0 Å². The smallest absolute Gasteiger partial charge is 0.429 e. The van der Waals surface area contributed by atoms with Crippen LogP contribution in [-0.2, 0) is 15.6 Å². The van der Waals surface area contributed by atoms with Crippen LogP contribution in [0.2, 0.25) is 0 Å². The van der Waals surface area contributed by atoms with Gasteiger partial charge in [-0.25, -0.2) is 22.0 Å². The SMILES string of the molecule is CCCCCC1COC(c2ccc(C(F)(F)Oc3cc(F)c(OC=CC(F)F)c(F)c3)c(F)c2)OC1. The molecule has 0 spiro atoms. The first-order valence-corrected chi connectivity index (χ1v) is 11.3. The molecule has 0 radical (unpaired) electrons. The van der Waals surface area contributed by atoms with Crippen molar-refractivity contribution < 1.29 is 49.7 Å². The Morgan fingerprint density at radius 3 is 2.25 bits per heavy atom. The predicted octanol–water partition coefficient (Wildman–Crippen LogP) is 7.63. The van der Waals surface area contributed by atoms with Crippen molar-refractivity contribution >= 4 is 0 Å². The van der Waals surface area contributed by atoms with Crippen LogP contribution in [0, 0.1) is 23.4 Å². The Kier molecular flexibility index (Phi) is 9.61. The maximum atomic E-state index is 14.6. The van der Waals surface area contributed by atoms with Gasteiger partial charge in [0, 0.05) is 29.7 Å². The standard InChI is InChI=1S/C25H25F7O4/c1-2-3-4-5-15-13-34-24(35-14-15)16-6-7-18(19(26)10-16)25(31,32)36-17-11-20(27)23(21(28)12-17)33-9-8-22(29)30/h6-12,15,22,24H,2-5,13-14H2,1H3. The van der Waals surface area contributed by atoms with E-state index < -0.39 is 53.3 Å². The minimum Gasteiger partial charge on any atom is -0.459 e. The monoisotopic (exact) mass is 522 g/mol. The molecule has 1 fully saturated rings. The lowest BCUT2D eigenvalue weighted by atomic mass is 10.0. The molecule has 11 heteroatoms. The van der Waals surface area contributed by atoms with Gasteiger partial charge in [0.25, 0.3) is 6.43 Å². The molecular weight excluding hydrogens is 497 g/mol. The van der Waals surface area contributed by atoms with Crippen LogP contribution < -0.4 is 9.47 Å². The molecule has 36 heavy (non-hydrogen) atoms. The van der Waals surface area contributed by atoms with Gasteiger partial charge in [-0.3, -0.25) is 0 Å². The Hall–Kier alpha value is -2.79. The molecule has 2 aromatic carbocycles. The molecule has 1 heterocycles. The van der Waals surface area contributed by atoms with E-state index in [1.165, 1.54) is 6.07 Å². The van der Waals surface area contributed by atoms with Crippen LogP contribution in [0.4, 0.5) is 30.7 Å². The Morgan fingerprint density at radius 1 is 1.00 bits per heavy atom. The van der Waals surface area contributed by atoms with E-state index in [0.29, 0.717) is 31.6 Å². The van der Waals surface area contributed by atoms with Crippen molar-refractivity contribution in [1.82, 2.24) is 0 Å². The largest absolute Gasteiger partial charge is 0.459 e. The number of allylic oxidation sites excluding steroid dienone is 1. The lowest BCUT2D eigenvalue weighted by Gasteiger charge is -2.30. The fraction of sp³-hybridized carbons (Fsp3) is 0.440. The summed E-state index contributed by atoms with van der Waals surface area (Å²) in [4.78, 5) is 0. The summed E-state index contributed by atoms with van der Waals surface area (Å²) >= 11 is 0. The molecule has 1 aliphatic rings. The minimum atomic E-state index is -4.31. The second-order valence-electron chi connectivity index (χ2n) is 8.22. The molecule has 3 rings (SSSR count). The Balaban J connectivity index is 1.67. The highest BCUT2D eigenvalue weighted by Gasteiger charge is 2.39. The fourth-order valence-electron chi connectivity index (χ4n) is 3.58. The summed E-state index contributed by atoms with van der Waals surface area (Å²) in [5.41, 5.74) is -0.991. The summed E-state index contributed by atoms with van der Waals surface area (Å²) < 4.78 is 116. The van der Waals surface area contributed by atoms with Crippen molar-refractivity contribution in [3.05, 3.63) is 71.2 Å². The van der Waals surface area contributed by atoms with E-state index in [9.17, 15) is 30.7 Å². The van der Waals surface area contributed by atoms with Crippen LogP contribution in [0.1, 0.15) is 50.0 Å². The zero-order valence-electron chi connectivity index (χ0n) is 19.3. The van der Waals surface area contributed by atoms with Gasteiger partial charge in [-0.2, -0.15) is 8.78 Å². The minimum absolute atomic E-state index is 0.189. The molecule has 0 N–H and O–H groups in total. The third kappa shape index (κ3) is 7.36. The van der Waals surface area contributed by atoms with Gasteiger partial charge in [0.1, 0.15) is 11.6 Å². The number of ether oxygens (including phenoxy) is 4. The molecule has 0 unspecified atom stereocenters. The van der Waals surface area contributed by atoms with Gasteiger partial charge >= 0.3 is 6.11 Å². The van der Waals surface area contributed by atoms with Crippen LogP contribution in [-0.4, -0.2) is 19.6 Å². The van der Waals surface area contributed by atoms with Gasteiger partial charge < -0.3 is 18.9 Å². The maximum absolute atomic E-state index is 14.6. The Bertz CT molecular complexity index is 1010. The van der Waals surface area contributed by atoms with E-state index in [-0.39, 0.29) is 17.6 Å². The first-order valence-electron chi connectivity index (χ1n) is 11.3. The second kappa shape index (κ2) is 12.4. The zero-order chi connectivity index (χ0) is 26.3. The van der Waals surface area contributed by atoms with E-state index in [1.807, 2.05) is 0 Å². The van der Waals surface area contributed by atoms with Crippen LogP contribution in [0.25, 0.3) is 0 Å². The number of halogens is 7. The van der Waals surface area contributed by atoms with E-state index in [2.05, 4.69) is 16.4 Å². The molecule has 0 aromatic heterocycles. The van der Waals surface area contributed by atoms with E-state index in [1.54, 1.807) is 0 Å². The third-order valence-electron chi connectivity index (χ3n) is 5.39. The Morgan fingerprint density at radius 2 is 1.67 bits per heavy atom. The average Bonchev–Trinajstić information content (AvgIpc) is 2.81. The molecule has 0 saturated carbocycles. The summed E-state index contributed by atoms with van der Waals surface area (Å²) in [6, 6.07) is 3.49. The maximum Gasteiger partial charge on any atom is 0.429 e. The molecule has 4 nitrogen and oxygen atoms in total. The van der Waals surface area contributed by atoms with Crippen molar-refractivity contribution in [2.24, 2.45) is 5.92 Å². The summed E-state index contributed by atoms with van der Waals surface area (Å²) in [5.74, 6) is -6.19. The van der Waals surface area contributed by atoms with Gasteiger partial charge in [-0.1, -0.05) is 32.3 Å². The van der Waals surface area contributed by atoms with E-state index >= 15 is 0 Å². The number of rotatable bonds is 11. The van der Waals surface area contributed by atoms with Crippen LogP contribution in [0.5, 0.6) is 11.5 Å². The van der Waals surface area contributed by atoms with Crippen LogP contribution >= 0.6 is 0 Å². The first-order chi connectivity index (χ1) is 17.1. The first kappa shape index (κ1) is 27.8. The highest BCUT2D eigenvalue weighted by atomic mass is 19.3. The molecule has 2 aromatic rings. The number of alkyl halides is 4. The number of hydrogen-bond donors (Lipinski definition) is 0. The topological polar surface area (TPSA) is 36.9 Å². The normalized spacial score (nSPS) is 18.7. The predicted molar refractivity (Wildman–Crippen MR) is 115 cm³/mol. The highest BCUT2D eigenvalue weighted by molar-refractivity contribution is 5.36. The lowest BCUT2D eigenvalue weighted by Crippen LogP contribution is -2.28. The summed E-state index contributed by atoms with van der Waals surface area (Å²) in [6.07, 6.45) is -3.43.